The zero-order chi connectivity index (χ0) is 27.1. The third kappa shape index (κ3) is 4.71. The van der Waals surface area contributed by atoms with Crippen molar-refractivity contribution in [1.29, 1.82) is 0 Å². The summed E-state index contributed by atoms with van der Waals surface area (Å²) in [6.45, 7) is 14.3. The van der Waals surface area contributed by atoms with Gasteiger partial charge in [-0.2, -0.15) is 5.10 Å². The molecule has 0 unspecified atom stereocenters. The molecule has 39 heavy (non-hydrogen) atoms. The normalized spacial score (nSPS) is 16.2. The van der Waals surface area contributed by atoms with E-state index < -0.39 is 0 Å². The molecule has 8 nitrogen and oxygen atoms in total. The van der Waals surface area contributed by atoms with Gasteiger partial charge in [-0.3, -0.25) is 10.1 Å². The Kier molecular flexibility index (Phi) is 6.46. The zero-order valence-corrected chi connectivity index (χ0v) is 22.8. The first-order valence-corrected chi connectivity index (χ1v) is 13.7. The minimum absolute atomic E-state index is 0.187. The van der Waals surface area contributed by atoms with Crippen molar-refractivity contribution in [1.82, 2.24) is 25.1 Å². The van der Waals surface area contributed by atoms with Crippen molar-refractivity contribution >= 4 is 51.3 Å². The van der Waals surface area contributed by atoms with Crippen LogP contribution in [0.5, 0.6) is 0 Å². The third-order valence-electron chi connectivity index (χ3n) is 6.92. The lowest BCUT2D eigenvalue weighted by atomic mass is 10.0. The highest BCUT2D eigenvalue weighted by atomic mass is 32.1. The van der Waals surface area contributed by atoms with Crippen molar-refractivity contribution in [3.63, 3.8) is 0 Å². The van der Waals surface area contributed by atoms with E-state index in [-0.39, 0.29) is 6.04 Å². The summed E-state index contributed by atoms with van der Waals surface area (Å²) in [4.78, 5) is 22.1. The highest BCUT2D eigenvalue weighted by Crippen LogP contribution is 2.36. The van der Waals surface area contributed by atoms with E-state index in [1.54, 1.807) is 11.3 Å². The van der Waals surface area contributed by atoms with Gasteiger partial charge in [0, 0.05) is 62.9 Å². The molecule has 6 heterocycles. The second-order valence-corrected chi connectivity index (χ2v) is 11.0. The topological polar surface area (TPSA) is 111 Å². The van der Waals surface area contributed by atoms with Crippen molar-refractivity contribution in [3.05, 3.63) is 88.4 Å². The number of amidine groups is 1. The molecule has 0 radical (unpaired) electrons. The van der Waals surface area contributed by atoms with Crippen LogP contribution in [0.25, 0.3) is 39.3 Å². The number of rotatable bonds is 6. The summed E-state index contributed by atoms with van der Waals surface area (Å²) < 4.78 is 0. The second-order valence-electron chi connectivity index (χ2n) is 9.89. The summed E-state index contributed by atoms with van der Waals surface area (Å²) in [7, 11) is 0. The van der Waals surface area contributed by atoms with E-state index in [9.17, 15) is 0 Å². The molecule has 0 spiro atoms. The van der Waals surface area contributed by atoms with Gasteiger partial charge in [-0.25, -0.2) is 9.98 Å². The van der Waals surface area contributed by atoms with E-state index in [4.69, 9.17) is 10.7 Å². The monoisotopic (exact) mass is 534 g/mol. The number of pyridine rings is 1. The minimum Gasteiger partial charge on any atom is -0.357 e. The van der Waals surface area contributed by atoms with E-state index >= 15 is 0 Å². The molecule has 4 aromatic rings. The molecule has 0 atom stereocenters. The molecule has 0 saturated carbocycles. The lowest BCUT2D eigenvalue weighted by Gasteiger charge is -2.38. The van der Waals surface area contributed by atoms with Crippen molar-refractivity contribution in [2.75, 3.05) is 19.6 Å². The van der Waals surface area contributed by atoms with Gasteiger partial charge in [0.05, 0.1) is 29.8 Å². The lowest BCUT2D eigenvalue weighted by Crippen LogP contribution is -2.58. The average molecular weight is 535 g/mol. The standard InChI is InChI=1S/C30H30N8S/c1-5-6-21(27-8-7-26(39-27)17(2)3)22-12-25(34-18(22)4)29-23-11-19(13-33-30(23)37-36-29)24-9-10-32-14-28(35-24)38-15-20(31)16-38/h5-9,11-14,20,34H,1-2,10,15-16,31H2,3-4H3,(H,33,36,37)/b21-6+. The number of likely N-dealkylation sites (tertiary alicyclic amines) is 1. The van der Waals surface area contributed by atoms with Crippen LogP contribution in [0.4, 0.5) is 0 Å². The highest BCUT2D eigenvalue weighted by Gasteiger charge is 2.26. The number of aromatic nitrogens is 4. The summed E-state index contributed by atoms with van der Waals surface area (Å²) in [5.74, 6) is 0.836. The molecular weight excluding hydrogens is 504 g/mol. The molecule has 4 N–H and O–H groups in total. The SMILES string of the molecule is C=C/C=C(/c1ccc(C(=C)C)s1)c1cc(-c2[nH]nc3ncc(C4=CCN=CC(N5CC(N)C5)=N4)cc23)[nH]c1C. The fraction of sp³-hybridized carbons (Fsp3) is 0.200. The zero-order valence-electron chi connectivity index (χ0n) is 22.0. The Morgan fingerprint density at radius 1 is 1.23 bits per heavy atom. The summed E-state index contributed by atoms with van der Waals surface area (Å²) in [6, 6.07) is 8.70. The fourth-order valence-electron chi connectivity index (χ4n) is 4.86. The van der Waals surface area contributed by atoms with Gasteiger partial charge in [0.2, 0.25) is 0 Å². The number of nitrogens with one attached hydrogen (secondary N) is 2. The number of aryl methyl sites for hydroxylation is 1. The molecule has 1 saturated heterocycles. The van der Waals surface area contributed by atoms with Gasteiger partial charge in [0.1, 0.15) is 5.84 Å². The van der Waals surface area contributed by atoms with Gasteiger partial charge in [0.25, 0.3) is 0 Å². The van der Waals surface area contributed by atoms with E-state index in [1.807, 2.05) is 31.5 Å². The van der Waals surface area contributed by atoms with Crippen LogP contribution in [-0.2, 0) is 0 Å². The van der Waals surface area contributed by atoms with Crippen LogP contribution >= 0.6 is 11.3 Å². The molecule has 6 rings (SSSR count). The van der Waals surface area contributed by atoms with Crippen molar-refractivity contribution in [3.8, 4) is 11.4 Å². The predicted octanol–water partition coefficient (Wildman–Crippen LogP) is 5.44. The first kappa shape index (κ1) is 25.0. The van der Waals surface area contributed by atoms with Gasteiger partial charge < -0.3 is 15.6 Å². The predicted molar refractivity (Wildman–Crippen MR) is 163 cm³/mol. The molecule has 0 bridgehead atoms. The van der Waals surface area contributed by atoms with Gasteiger partial charge in [-0.05, 0) is 49.8 Å². The number of allylic oxidation sites excluding steroid dienone is 3. The highest BCUT2D eigenvalue weighted by molar-refractivity contribution is 7.14. The Morgan fingerprint density at radius 2 is 2.05 bits per heavy atom. The Hall–Kier alpha value is -4.34. The lowest BCUT2D eigenvalue weighted by molar-refractivity contribution is 0.258. The van der Waals surface area contributed by atoms with Crippen LogP contribution in [0.3, 0.4) is 0 Å². The quantitative estimate of drug-likeness (QED) is 0.286. The van der Waals surface area contributed by atoms with Gasteiger partial charge in [0.15, 0.2) is 5.65 Å². The van der Waals surface area contributed by atoms with Gasteiger partial charge in [-0.15, -0.1) is 11.3 Å². The van der Waals surface area contributed by atoms with Crippen LogP contribution in [0, 0.1) is 6.92 Å². The third-order valence-corrected chi connectivity index (χ3v) is 8.20. The van der Waals surface area contributed by atoms with Crippen LogP contribution in [0.2, 0.25) is 0 Å². The Bertz CT molecular complexity index is 1720. The smallest absolute Gasteiger partial charge is 0.181 e. The molecule has 2 aliphatic heterocycles. The molecule has 0 amide bonds. The van der Waals surface area contributed by atoms with Crippen LogP contribution in [-0.4, -0.2) is 62.8 Å². The van der Waals surface area contributed by atoms with Crippen LogP contribution in [0.1, 0.15) is 33.5 Å². The van der Waals surface area contributed by atoms with E-state index in [1.165, 1.54) is 9.75 Å². The van der Waals surface area contributed by atoms with Gasteiger partial charge >= 0.3 is 0 Å². The molecule has 196 valence electrons. The Labute approximate surface area is 231 Å². The maximum absolute atomic E-state index is 5.99. The van der Waals surface area contributed by atoms with E-state index in [0.29, 0.717) is 12.2 Å². The number of H-pyrrole nitrogens is 2. The minimum atomic E-state index is 0.187. The molecule has 9 heteroatoms. The van der Waals surface area contributed by atoms with E-state index in [0.717, 1.165) is 69.4 Å². The number of nitrogens with two attached hydrogens (primary N) is 1. The summed E-state index contributed by atoms with van der Waals surface area (Å²) >= 11 is 1.73. The maximum atomic E-state index is 5.99. The summed E-state index contributed by atoms with van der Waals surface area (Å²) in [5, 5.41) is 8.60. The number of nitrogens with zero attached hydrogens (tertiary/aromatic N) is 5. The second kappa shape index (κ2) is 10.1. The molecule has 1 fully saturated rings. The number of thiophene rings is 1. The first-order valence-electron chi connectivity index (χ1n) is 12.8. The van der Waals surface area contributed by atoms with Crippen LogP contribution in [0.15, 0.2) is 71.8 Å². The summed E-state index contributed by atoms with van der Waals surface area (Å²) in [5.41, 5.74) is 14.5. The number of aromatic amines is 2. The first-order chi connectivity index (χ1) is 18.9. The van der Waals surface area contributed by atoms with Crippen molar-refractivity contribution in [2.45, 2.75) is 19.9 Å². The molecule has 2 aliphatic rings. The fourth-order valence-corrected chi connectivity index (χ4v) is 5.83. The van der Waals surface area contributed by atoms with E-state index in [2.05, 4.69) is 80.5 Å². The molecule has 0 aliphatic carbocycles. The number of hydrogen-bond acceptors (Lipinski definition) is 7. The number of aliphatic imine (C=N–C) groups is 2. The van der Waals surface area contributed by atoms with Gasteiger partial charge in [-0.1, -0.05) is 25.3 Å². The number of hydrogen-bond donors (Lipinski definition) is 3. The average Bonchev–Trinajstić information content (AvgIpc) is 3.60. The molecule has 4 aromatic heterocycles. The largest absolute Gasteiger partial charge is 0.357 e. The van der Waals surface area contributed by atoms with Crippen molar-refractivity contribution < 1.29 is 0 Å². The van der Waals surface area contributed by atoms with Crippen molar-refractivity contribution in [2.24, 2.45) is 15.7 Å². The molecule has 0 aromatic carbocycles. The Balaban J connectivity index is 1.37. The molecular formula is C30H30N8S. The summed E-state index contributed by atoms with van der Waals surface area (Å²) in [6.07, 6.45) is 9.56. The maximum Gasteiger partial charge on any atom is 0.181 e. The Morgan fingerprint density at radius 3 is 2.79 bits per heavy atom. The van der Waals surface area contributed by atoms with Crippen LogP contribution < -0.4 is 5.73 Å². The number of fused-ring (bicyclic) bond motifs is 1.